The Morgan fingerprint density at radius 3 is 2.85 bits per heavy atom. The fraction of sp³-hybridized carbons (Fsp3) is 0.615. The summed E-state index contributed by atoms with van der Waals surface area (Å²) < 4.78 is 30.8. The molecular formula is C13H17F2N3O2. The average molecular weight is 285 g/mol. The third kappa shape index (κ3) is 3.47. The molecule has 0 saturated carbocycles. The van der Waals surface area contributed by atoms with E-state index in [0.29, 0.717) is 13.1 Å². The number of rotatable bonds is 4. The molecule has 0 aliphatic carbocycles. The highest BCUT2D eigenvalue weighted by molar-refractivity contribution is 5.92. The largest absolute Gasteiger partial charge is 0.374 e. The minimum Gasteiger partial charge on any atom is -0.374 e. The number of carbonyl (C=O) groups excluding carboxylic acids is 1. The number of nitrogens with zero attached hydrogens (tertiary/aromatic N) is 3. The highest BCUT2D eigenvalue weighted by Crippen LogP contribution is 2.19. The quantitative estimate of drug-likeness (QED) is 0.849. The highest BCUT2D eigenvalue weighted by Gasteiger charge is 2.29. The van der Waals surface area contributed by atoms with Crippen LogP contribution in [0.25, 0.3) is 0 Å². The first-order chi connectivity index (χ1) is 9.47. The average Bonchev–Trinajstić information content (AvgIpc) is 2.85. The number of aromatic nitrogens is 2. The van der Waals surface area contributed by atoms with Crippen LogP contribution in [0.3, 0.4) is 0 Å². The molecule has 1 amide bonds. The zero-order valence-electron chi connectivity index (χ0n) is 11.4. The monoisotopic (exact) mass is 285 g/mol. The van der Waals surface area contributed by atoms with Crippen LogP contribution >= 0.6 is 0 Å². The molecule has 0 bridgehead atoms. The van der Waals surface area contributed by atoms with Crippen molar-refractivity contribution >= 4 is 5.91 Å². The van der Waals surface area contributed by atoms with E-state index in [9.17, 15) is 13.6 Å². The van der Waals surface area contributed by atoms with Crippen molar-refractivity contribution in [1.82, 2.24) is 14.9 Å². The molecule has 1 aromatic heterocycles. The smallest absolute Gasteiger partial charge is 0.280 e. The second-order valence-corrected chi connectivity index (χ2v) is 4.98. The number of amides is 1. The van der Waals surface area contributed by atoms with Crippen molar-refractivity contribution in [3.63, 3.8) is 0 Å². The SMILES string of the molecule is CC(C)O[C@@H]1CCN(C(=O)c2cc(C(F)F)ncn2)C1. The number of ether oxygens (including phenoxy) is 1. The van der Waals surface area contributed by atoms with Gasteiger partial charge in [0.25, 0.3) is 12.3 Å². The van der Waals surface area contributed by atoms with Crippen LogP contribution in [0.1, 0.15) is 42.9 Å². The predicted octanol–water partition coefficient (Wildman–Crippen LogP) is 2.05. The van der Waals surface area contributed by atoms with Gasteiger partial charge in [-0.1, -0.05) is 0 Å². The molecule has 0 N–H and O–H groups in total. The lowest BCUT2D eigenvalue weighted by Gasteiger charge is -2.17. The molecule has 7 heteroatoms. The van der Waals surface area contributed by atoms with Gasteiger partial charge in [-0.05, 0) is 26.3 Å². The number of halogens is 2. The molecule has 0 radical (unpaired) electrons. The van der Waals surface area contributed by atoms with Gasteiger partial charge < -0.3 is 9.64 Å². The summed E-state index contributed by atoms with van der Waals surface area (Å²) in [6.45, 7) is 4.88. The molecule has 0 unspecified atom stereocenters. The van der Waals surface area contributed by atoms with Gasteiger partial charge in [0.05, 0.1) is 12.2 Å². The van der Waals surface area contributed by atoms with Crippen LogP contribution in [0.15, 0.2) is 12.4 Å². The maximum Gasteiger partial charge on any atom is 0.280 e. The Morgan fingerprint density at radius 1 is 1.45 bits per heavy atom. The first-order valence-corrected chi connectivity index (χ1v) is 6.52. The molecule has 1 saturated heterocycles. The summed E-state index contributed by atoms with van der Waals surface area (Å²) in [6.07, 6.45) is -0.876. The van der Waals surface area contributed by atoms with Gasteiger partial charge in [-0.3, -0.25) is 4.79 Å². The standard InChI is InChI=1S/C13H17F2N3O2/c1-8(2)20-9-3-4-18(6-9)13(19)11-5-10(12(14)15)16-7-17-11/h5,7-9,12H,3-4,6H2,1-2H3/t9-/m1/s1. The number of hydrogen-bond acceptors (Lipinski definition) is 4. The van der Waals surface area contributed by atoms with E-state index in [4.69, 9.17) is 4.74 Å². The Balaban J connectivity index is 2.03. The number of hydrogen-bond donors (Lipinski definition) is 0. The molecule has 0 aromatic carbocycles. The third-order valence-corrected chi connectivity index (χ3v) is 3.03. The van der Waals surface area contributed by atoms with E-state index in [-0.39, 0.29) is 23.8 Å². The molecule has 110 valence electrons. The molecule has 20 heavy (non-hydrogen) atoms. The summed E-state index contributed by atoms with van der Waals surface area (Å²) in [4.78, 5) is 21.0. The molecule has 0 spiro atoms. The summed E-state index contributed by atoms with van der Waals surface area (Å²) in [6, 6.07) is 1.05. The number of likely N-dealkylation sites (tertiary alicyclic amines) is 1. The molecule has 1 aliphatic heterocycles. The van der Waals surface area contributed by atoms with Crippen LogP contribution in [0.5, 0.6) is 0 Å². The van der Waals surface area contributed by atoms with Crippen molar-refractivity contribution in [2.24, 2.45) is 0 Å². The third-order valence-electron chi connectivity index (χ3n) is 3.03. The highest BCUT2D eigenvalue weighted by atomic mass is 19.3. The van der Waals surface area contributed by atoms with E-state index in [0.717, 1.165) is 18.8 Å². The Kier molecular flexibility index (Phi) is 4.59. The second-order valence-electron chi connectivity index (χ2n) is 4.98. The van der Waals surface area contributed by atoms with E-state index in [1.54, 1.807) is 4.90 Å². The van der Waals surface area contributed by atoms with E-state index in [1.165, 1.54) is 0 Å². The van der Waals surface area contributed by atoms with E-state index in [1.807, 2.05) is 13.8 Å². The maximum atomic E-state index is 12.6. The fourth-order valence-corrected chi connectivity index (χ4v) is 2.18. The van der Waals surface area contributed by atoms with Gasteiger partial charge in [0, 0.05) is 13.1 Å². The molecular weight excluding hydrogens is 268 g/mol. The van der Waals surface area contributed by atoms with Crippen molar-refractivity contribution in [2.75, 3.05) is 13.1 Å². The zero-order chi connectivity index (χ0) is 14.7. The molecule has 2 rings (SSSR count). The summed E-state index contributed by atoms with van der Waals surface area (Å²) in [5.41, 5.74) is -0.432. The van der Waals surface area contributed by atoms with Gasteiger partial charge in [0.15, 0.2) is 0 Å². The van der Waals surface area contributed by atoms with Crippen molar-refractivity contribution in [3.05, 3.63) is 23.8 Å². The zero-order valence-corrected chi connectivity index (χ0v) is 11.4. The maximum absolute atomic E-state index is 12.6. The Bertz CT molecular complexity index is 482. The summed E-state index contributed by atoms with van der Waals surface area (Å²) >= 11 is 0. The van der Waals surface area contributed by atoms with Gasteiger partial charge in [-0.2, -0.15) is 0 Å². The lowest BCUT2D eigenvalue weighted by atomic mass is 10.3. The topological polar surface area (TPSA) is 55.3 Å². The van der Waals surface area contributed by atoms with E-state index >= 15 is 0 Å². The minimum absolute atomic E-state index is 0.000460. The summed E-state index contributed by atoms with van der Waals surface area (Å²) in [7, 11) is 0. The van der Waals surface area contributed by atoms with Crippen molar-refractivity contribution in [2.45, 2.75) is 38.9 Å². The lowest BCUT2D eigenvalue weighted by Crippen LogP contribution is -2.31. The molecule has 2 heterocycles. The number of alkyl halides is 2. The molecule has 1 fully saturated rings. The predicted molar refractivity (Wildman–Crippen MR) is 67.5 cm³/mol. The number of carbonyl (C=O) groups is 1. The normalized spacial score (nSPS) is 19.1. The molecule has 1 atom stereocenters. The Labute approximate surface area is 116 Å². The summed E-state index contributed by atoms with van der Waals surface area (Å²) in [5.74, 6) is -0.357. The van der Waals surface area contributed by atoms with Crippen molar-refractivity contribution in [3.8, 4) is 0 Å². The van der Waals surface area contributed by atoms with Gasteiger partial charge in [-0.25, -0.2) is 18.7 Å². The van der Waals surface area contributed by atoms with Crippen LogP contribution in [0.2, 0.25) is 0 Å². The van der Waals surface area contributed by atoms with E-state index in [2.05, 4.69) is 9.97 Å². The van der Waals surface area contributed by atoms with Gasteiger partial charge in [-0.15, -0.1) is 0 Å². The second kappa shape index (κ2) is 6.21. The molecule has 1 aliphatic rings. The minimum atomic E-state index is -2.71. The van der Waals surface area contributed by atoms with Crippen molar-refractivity contribution in [1.29, 1.82) is 0 Å². The molecule has 1 aromatic rings. The van der Waals surface area contributed by atoms with Crippen LogP contribution in [0, 0.1) is 0 Å². The van der Waals surface area contributed by atoms with Crippen molar-refractivity contribution < 1.29 is 18.3 Å². The summed E-state index contributed by atoms with van der Waals surface area (Å²) in [5, 5.41) is 0. The Hall–Kier alpha value is -1.63. The lowest BCUT2D eigenvalue weighted by molar-refractivity contribution is 0.0139. The Morgan fingerprint density at radius 2 is 2.20 bits per heavy atom. The fourth-order valence-electron chi connectivity index (χ4n) is 2.18. The van der Waals surface area contributed by atoms with Gasteiger partial charge in [0.1, 0.15) is 17.7 Å². The van der Waals surface area contributed by atoms with Gasteiger partial charge in [0.2, 0.25) is 0 Å². The van der Waals surface area contributed by atoms with Crippen LogP contribution < -0.4 is 0 Å². The van der Waals surface area contributed by atoms with Crippen LogP contribution in [0.4, 0.5) is 8.78 Å². The van der Waals surface area contributed by atoms with Crippen LogP contribution in [-0.2, 0) is 4.74 Å². The molecule has 5 nitrogen and oxygen atoms in total. The van der Waals surface area contributed by atoms with E-state index < -0.39 is 12.1 Å². The van der Waals surface area contributed by atoms with Crippen LogP contribution in [-0.4, -0.2) is 46.1 Å². The first-order valence-electron chi connectivity index (χ1n) is 6.52. The van der Waals surface area contributed by atoms with Gasteiger partial charge >= 0.3 is 0 Å². The first kappa shape index (κ1) is 14.8.